The average Bonchev–Trinajstić information content (AvgIpc) is 2.26. The molecule has 0 aliphatic carbocycles. The standard InChI is InChI=1S/C13H20N2O4S/c1-8(2)14-12-6-5-10(7-11(12)13(16)17)20(18,19)15-9(3)4/h5-9,14-15H,1-4H3,(H,16,17). The number of hydrogen-bond acceptors (Lipinski definition) is 4. The number of carboxylic acids is 1. The summed E-state index contributed by atoms with van der Waals surface area (Å²) in [6.07, 6.45) is 0. The number of carboxylic acid groups (broad SMARTS) is 1. The zero-order chi connectivity index (χ0) is 15.5. The van der Waals surface area contributed by atoms with Crippen LogP contribution in [-0.2, 0) is 10.0 Å². The van der Waals surface area contributed by atoms with Gasteiger partial charge in [0.15, 0.2) is 0 Å². The Balaban J connectivity index is 3.27. The number of carbonyl (C=O) groups is 1. The van der Waals surface area contributed by atoms with Gasteiger partial charge in [-0.3, -0.25) is 0 Å². The van der Waals surface area contributed by atoms with Crippen molar-refractivity contribution in [2.24, 2.45) is 0 Å². The second-order valence-corrected chi connectivity index (χ2v) is 6.80. The van der Waals surface area contributed by atoms with Crippen molar-refractivity contribution >= 4 is 21.7 Å². The zero-order valence-corrected chi connectivity index (χ0v) is 12.8. The van der Waals surface area contributed by atoms with Crippen molar-refractivity contribution in [3.8, 4) is 0 Å². The molecule has 1 aromatic rings. The van der Waals surface area contributed by atoms with Crippen molar-refractivity contribution < 1.29 is 18.3 Å². The van der Waals surface area contributed by atoms with Crippen LogP contribution in [0.4, 0.5) is 5.69 Å². The van der Waals surface area contributed by atoms with E-state index in [0.717, 1.165) is 6.07 Å². The number of aromatic carboxylic acids is 1. The highest BCUT2D eigenvalue weighted by molar-refractivity contribution is 7.89. The summed E-state index contributed by atoms with van der Waals surface area (Å²) >= 11 is 0. The highest BCUT2D eigenvalue weighted by atomic mass is 32.2. The fourth-order valence-corrected chi connectivity index (χ4v) is 2.96. The van der Waals surface area contributed by atoms with E-state index in [-0.39, 0.29) is 22.5 Å². The van der Waals surface area contributed by atoms with Crippen molar-refractivity contribution in [2.45, 2.75) is 44.7 Å². The van der Waals surface area contributed by atoms with Crippen molar-refractivity contribution in [3.05, 3.63) is 23.8 Å². The molecule has 0 atom stereocenters. The molecular weight excluding hydrogens is 280 g/mol. The molecule has 0 aliphatic rings. The molecular formula is C13H20N2O4S. The summed E-state index contributed by atoms with van der Waals surface area (Å²) < 4.78 is 26.5. The van der Waals surface area contributed by atoms with Gasteiger partial charge < -0.3 is 10.4 Å². The fourth-order valence-electron chi connectivity index (χ4n) is 1.68. The van der Waals surface area contributed by atoms with Gasteiger partial charge in [0.05, 0.1) is 10.5 Å². The van der Waals surface area contributed by atoms with E-state index in [1.807, 2.05) is 13.8 Å². The van der Waals surface area contributed by atoms with Crippen LogP contribution >= 0.6 is 0 Å². The van der Waals surface area contributed by atoms with E-state index in [9.17, 15) is 18.3 Å². The smallest absolute Gasteiger partial charge is 0.337 e. The summed E-state index contributed by atoms with van der Waals surface area (Å²) in [6, 6.07) is 3.81. The third-order valence-electron chi connectivity index (χ3n) is 2.37. The van der Waals surface area contributed by atoms with Gasteiger partial charge in [0.2, 0.25) is 10.0 Å². The number of benzene rings is 1. The Bertz CT molecular complexity index is 594. The summed E-state index contributed by atoms with van der Waals surface area (Å²) in [7, 11) is -3.70. The molecule has 0 aromatic heterocycles. The predicted octanol–water partition coefficient (Wildman–Crippen LogP) is 1.89. The van der Waals surface area contributed by atoms with Crippen LogP contribution in [0.5, 0.6) is 0 Å². The minimum absolute atomic E-state index is 0.0457. The van der Waals surface area contributed by atoms with Gasteiger partial charge in [0.25, 0.3) is 0 Å². The van der Waals surface area contributed by atoms with Crippen molar-refractivity contribution in [3.63, 3.8) is 0 Å². The molecule has 0 bridgehead atoms. The maximum absolute atomic E-state index is 12.0. The van der Waals surface area contributed by atoms with Gasteiger partial charge >= 0.3 is 5.97 Å². The zero-order valence-electron chi connectivity index (χ0n) is 12.0. The van der Waals surface area contributed by atoms with E-state index in [4.69, 9.17) is 0 Å². The molecule has 1 rings (SSSR count). The fraction of sp³-hybridized carbons (Fsp3) is 0.462. The van der Waals surface area contributed by atoms with E-state index in [2.05, 4.69) is 10.0 Å². The van der Waals surface area contributed by atoms with Gasteiger partial charge in [-0.05, 0) is 45.9 Å². The first-order valence-electron chi connectivity index (χ1n) is 6.29. The summed E-state index contributed by atoms with van der Waals surface area (Å²) in [6.45, 7) is 7.14. The van der Waals surface area contributed by atoms with Gasteiger partial charge in [-0.2, -0.15) is 0 Å². The Labute approximate surface area is 119 Å². The maximum Gasteiger partial charge on any atom is 0.337 e. The number of sulfonamides is 1. The van der Waals surface area contributed by atoms with Crippen LogP contribution in [-0.4, -0.2) is 31.6 Å². The lowest BCUT2D eigenvalue weighted by molar-refractivity contribution is 0.0697. The van der Waals surface area contributed by atoms with Crippen LogP contribution < -0.4 is 10.0 Å². The second-order valence-electron chi connectivity index (χ2n) is 5.09. The van der Waals surface area contributed by atoms with Gasteiger partial charge in [0.1, 0.15) is 0 Å². The van der Waals surface area contributed by atoms with Gasteiger partial charge in [0, 0.05) is 17.8 Å². The Kier molecular flexibility index (Phi) is 5.13. The lowest BCUT2D eigenvalue weighted by Crippen LogP contribution is -2.30. The summed E-state index contributed by atoms with van der Waals surface area (Å²) in [5.41, 5.74) is 0.335. The van der Waals surface area contributed by atoms with Crippen molar-refractivity contribution in [2.75, 3.05) is 5.32 Å². The summed E-state index contributed by atoms with van der Waals surface area (Å²) in [5, 5.41) is 12.2. The monoisotopic (exact) mass is 300 g/mol. The second kappa shape index (κ2) is 6.23. The van der Waals surface area contributed by atoms with Crippen LogP contribution in [0.25, 0.3) is 0 Å². The van der Waals surface area contributed by atoms with Crippen LogP contribution in [0.3, 0.4) is 0 Å². The molecule has 112 valence electrons. The quantitative estimate of drug-likeness (QED) is 0.745. The maximum atomic E-state index is 12.0. The Morgan fingerprint density at radius 2 is 1.75 bits per heavy atom. The molecule has 0 saturated carbocycles. The summed E-state index contributed by atoms with van der Waals surface area (Å²) in [5.74, 6) is -1.17. The van der Waals surface area contributed by atoms with Crippen LogP contribution in [0.2, 0.25) is 0 Å². The highest BCUT2D eigenvalue weighted by Gasteiger charge is 2.19. The number of anilines is 1. The number of rotatable bonds is 6. The van der Waals surface area contributed by atoms with Gasteiger partial charge in [-0.1, -0.05) is 0 Å². The molecule has 0 aliphatic heterocycles. The first-order valence-corrected chi connectivity index (χ1v) is 7.78. The van der Waals surface area contributed by atoms with Crippen LogP contribution in [0.1, 0.15) is 38.1 Å². The Hall–Kier alpha value is -1.60. The minimum Gasteiger partial charge on any atom is -0.478 e. The molecule has 1 aromatic carbocycles. The molecule has 6 nitrogen and oxygen atoms in total. The molecule has 20 heavy (non-hydrogen) atoms. The molecule has 0 heterocycles. The highest BCUT2D eigenvalue weighted by Crippen LogP contribution is 2.21. The Morgan fingerprint density at radius 3 is 2.20 bits per heavy atom. The third kappa shape index (κ3) is 4.21. The van der Waals surface area contributed by atoms with E-state index >= 15 is 0 Å². The van der Waals surface area contributed by atoms with E-state index in [1.165, 1.54) is 12.1 Å². The lowest BCUT2D eigenvalue weighted by Gasteiger charge is -2.15. The first kappa shape index (κ1) is 16.5. The van der Waals surface area contributed by atoms with Crippen LogP contribution in [0.15, 0.2) is 23.1 Å². The van der Waals surface area contributed by atoms with Crippen molar-refractivity contribution in [1.82, 2.24) is 4.72 Å². The summed E-state index contributed by atoms with van der Waals surface area (Å²) in [4.78, 5) is 11.2. The molecule has 7 heteroatoms. The minimum atomic E-state index is -3.70. The van der Waals surface area contributed by atoms with Crippen molar-refractivity contribution in [1.29, 1.82) is 0 Å². The normalized spacial score (nSPS) is 11.9. The third-order valence-corrected chi connectivity index (χ3v) is 4.02. The number of hydrogen-bond donors (Lipinski definition) is 3. The number of nitrogens with one attached hydrogen (secondary N) is 2. The van der Waals surface area contributed by atoms with Crippen LogP contribution in [0, 0.1) is 0 Å². The molecule has 0 unspecified atom stereocenters. The molecule has 0 fully saturated rings. The SMILES string of the molecule is CC(C)Nc1ccc(S(=O)(=O)NC(C)C)cc1C(=O)O. The van der Waals surface area contributed by atoms with E-state index in [0.29, 0.717) is 5.69 Å². The first-order chi connectivity index (χ1) is 9.13. The molecule has 0 saturated heterocycles. The predicted molar refractivity (Wildman–Crippen MR) is 77.6 cm³/mol. The molecule has 0 radical (unpaired) electrons. The largest absolute Gasteiger partial charge is 0.478 e. The molecule has 0 amide bonds. The van der Waals surface area contributed by atoms with Gasteiger partial charge in [-0.25, -0.2) is 17.9 Å². The molecule has 3 N–H and O–H groups in total. The van der Waals surface area contributed by atoms with E-state index < -0.39 is 16.0 Å². The molecule has 0 spiro atoms. The lowest BCUT2D eigenvalue weighted by atomic mass is 10.1. The van der Waals surface area contributed by atoms with Gasteiger partial charge in [-0.15, -0.1) is 0 Å². The average molecular weight is 300 g/mol. The Morgan fingerprint density at radius 1 is 1.15 bits per heavy atom. The van der Waals surface area contributed by atoms with E-state index in [1.54, 1.807) is 13.8 Å². The topological polar surface area (TPSA) is 95.5 Å².